The molecule has 2 unspecified atom stereocenters. The average Bonchev–Trinajstić information content (AvgIpc) is 2.74. The van der Waals surface area contributed by atoms with Crippen molar-refractivity contribution in [3.8, 4) is 5.75 Å². The van der Waals surface area contributed by atoms with E-state index in [2.05, 4.69) is 47.7 Å². The molecule has 1 N–H and O–H groups in total. The monoisotopic (exact) mass is 430 g/mol. The molecule has 1 saturated heterocycles. The van der Waals surface area contributed by atoms with Crippen LogP contribution < -0.4 is 9.46 Å². The van der Waals surface area contributed by atoms with Crippen molar-refractivity contribution in [2.24, 2.45) is 0 Å². The first kappa shape index (κ1) is 22.8. The van der Waals surface area contributed by atoms with E-state index in [0.717, 1.165) is 31.7 Å². The summed E-state index contributed by atoms with van der Waals surface area (Å²) in [7, 11) is -3.28. The van der Waals surface area contributed by atoms with Gasteiger partial charge in [-0.05, 0) is 55.5 Å². The van der Waals surface area contributed by atoms with Crippen molar-refractivity contribution in [1.82, 2.24) is 9.62 Å². The predicted molar refractivity (Wildman–Crippen MR) is 122 cm³/mol. The average molecular weight is 431 g/mol. The van der Waals surface area contributed by atoms with Crippen LogP contribution in [-0.2, 0) is 16.6 Å². The molecule has 0 amide bonds. The lowest BCUT2D eigenvalue weighted by molar-refractivity contribution is 0.0725. The molecular weight excluding hydrogens is 396 g/mol. The van der Waals surface area contributed by atoms with Crippen LogP contribution in [0.15, 0.2) is 54.6 Å². The zero-order valence-corrected chi connectivity index (χ0v) is 19.1. The van der Waals surface area contributed by atoms with Crippen LogP contribution in [0.2, 0.25) is 0 Å². The largest absolute Gasteiger partial charge is 0.492 e. The second-order valence-corrected chi connectivity index (χ2v) is 10.4. The maximum absolute atomic E-state index is 12.3. The first-order valence-corrected chi connectivity index (χ1v) is 12.5. The zero-order valence-electron chi connectivity index (χ0n) is 18.3. The second-order valence-electron chi connectivity index (χ2n) is 8.33. The van der Waals surface area contributed by atoms with E-state index in [1.54, 1.807) is 6.92 Å². The fraction of sp³-hybridized carbons (Fsp3) is 0.500. The van der Waals surface area contributed by atoms with E-state index in [-0.39, 0.29) is 17.8 Å². The first-order valence-electron chi connectivity index (χ1n) is 10.9. The standard InChI is InChI=1S/C24H34N2O3S/c1-4-30(27,28)25-23-11-8-16-26(17-20-9-6-5-7-10-20)24(23)18-29-22-14-12-21(13-15-22)19(2)3/h5-7,9-10,12-15,19,23-25H,4,8,11,16-18H2,1-3H3. The minimum absolute atomic E-state index is 0.0231. The zero-order chi connectivity index (χ0) is 21.6. The number of sulfonamides is 1. The van der Waals surface area contributed by atoms with E-state index in [1.807, 2.05) is 30.3 Å². The molecule has 0 bridgehead atoms. The van der Waals surface area contributed by atoms with Crippen molar-refractivity contribution in [2.45, 2.75) is 58.2 Å². The quantitative estimate of drug-likeness (QED) is 0.649. The summed E-state index contributed by atoms with van der Waals surface area (Å²) in [5.41, 5.74) is 2.50. The predicted octanol–water partition coefficient (Wildman–Crippen LogP) is 4.16. The van der Waals surface area contributed by atoms with Crippen LogP contribution in [0.5, 0.6) is 5.75 Å². The Kier molecular flexibility index (Phi) is 7.92. The number of ether oxygens (including phenoxy) is 1. The molecule has 0 aromatic heterocycles. The minimum atomic E-state index is -3.28. The van der Waals surface area contributed by atoms with Crippen LogP contribution >= 0.6 is 0 Å². The highest BCUT2D eigenvalue weighted by molar-refractivity contribution is 7.89. The summed E-state index contributed by atoms with van der Waals surface area (Å²) in [5, 5.41) is 0. The number of rotatable bonds is 9. The molecule has 2 aromatic rings. The number of hydrogen-bond acceptors (Lipinski definition) is 4. The Morgan fingerprint density at radius 3 is 2.43 bits per heavy atom. The van der Waals surface area contributed by atoms with Crippen molar-refractivity contribution < 1.29 is 13.2 Å². The fourth-order valence-corrected chi connectivity index (χ4v) is 4.85. The highest BCUT2D eigenvalue weighted by Gasteiger charge is 2.34. The second kappa shape index (κ2) is 10.4. The Morgan fingerprint density at radius 1 is 1.10 bits per heavy atom. The van der Waals surface area contributed by atoms with Gasteiger partial charge in [-0.1, -0.05) is 56.3 Å². The highest BCUT2D eigenvalue weighted by Crippen LogP contribution is 2.24. The number of benzene rings is 2. The maximum atomic E-state index is 12.3. The summed E-state index contributed by atoms with van der Waals surface area (Å²) in [6, 6.07) is 18.4. The van der Waals surface area contributed by atoms with E-state index < -0.39 is 10.0 Å². The van der Waals surface area contributed by atoms with Crippen molar-refractivity contribution >= 4 is 10.0 Å². The topological polar surface area (TPSA) is 58.6 Å². The number of piperidine rings is 1. The van der Waals surface area contributed by atoms with Gasteiger partial charge >= 0.3 is 0 Å². The van der Waals surface area contributed by atoms with Crippen molar-refractivity contribution in [2.75, 3.05) is 18.9 Å². The molecule has 3 rings (SSSR count). The maximum Gasteiger partial charge on any atom is 0.211 e. The third kappa shape index (κ3) is 6.30. The highest BCUT2D eigenvalue weighted by atomic mass is 32.2. The van der Waals surface area contributed by atoms with Crippen LogP contribution in [0.1, 0.15) is 50.7 Å². The Balaban J connectivity index is 1.75. The van der Waals surface area contributed by atoms with E-state index in [0.29, 0.717) is 12.5 Å². The van der Waals surface area contributed by atoms with Gasteiger partial charge in [0.15, 0.2) is 0 Å². The summed E-state index contributed by atoms with van der Waals surface area (Å²) in [6.45, 7) is 8.18. The van der Waals surface area contributed by atoms with Crippen molar-refractivity contribution in [3.05, 3.63) is 65.7 Å². The molecule has 1 aliphatic heterocycles. The van der Waals surface area contributed by atoms with Gasteiger partial charge in [-0.15, -0.1) is 0 Å². The molecule has 6 heteroatoms. The Bertz CT molecular complexity index is 882. The molecule has 5 nitrogen and oxygen atoms in total. The molecule has 2 aromatic carbocycles. The van der Waals surface area contributed by atoms with Gasteiger partial charge in [-0.2, -0.15) is 0 Å². The molecule has 0 aliphatic carbocycles. The molecule has 0 spiro atoms. The first-order chi connectivity index (χ1) is 14.4. The summed E-state index contributed by atoms with van der Waals surface area (Å²) < 4.78 is 33.6. The number of nitrogens with zero attached hydrogens (tertiary/aromatic N) is 1. The summed E-state index contributed by atoms with van der Waals surface area (Å²) in [5.74, 6) is 1.39. The van der Waals surface area contributed by atoms with Gasteiger partial charge in [0, 0.05) is 12.6 Å². The minimum Gasteiger partial charge on any atom is -0.492 e. The third-order valence-electron chi connectivity index (χ3n) is 5.80. The van der Waals surface area contributed by atoms with Gasteiger partial charge < -0.3 is 4.74 Å². The summed E-state index contributed by atoms with van der Waals surface area (Å²) in [4.78, 5) is 2.35. The molecular formula is C24H34N2O3S. The smallest absolute Gasteiger partial charge is 0.211 e. The van der Waals surface area contributed by atoms with Crippen LogP contribution in [0.3, 0.4) is 0 Å². The van der Waals surface area contributed by atoms with Gasteiger partial charge in [0.2, 0.25) is 10.0 Å². The molecule has 1 aliphatic rings. The third-order valence-corrected chi connectivity index (χ3v) is 7.22. The normalized spacial score (nSPS) is 20.4. The van der Waals surface area contributed by atoms with Gasteiger partial charge in [-0.25, -0.2) is 13.1 Å². The molecule has 2 atom stereocenters. The van der Waals surface area contributed by atoms with Crippen molar-refractivity contribution in [3.63, 3.8) is 0 Å². The van der Waals surface area contributed by atoms with Crippen molar-refractivity contribution in [1.29, 1.82) is 0 Å². The van der Waals surface area contributed by atoms with Gasteiger partial charge in [0.1, 0.15) is 12.4 Å². The van der Waals surface area contributed by atoms with E-state index in [4.69, 9.17) is 4.74 Å². The van der Waals surface area contributed by atoms with Crippen LogP contribution in [0, 0.1) is 0 Å². The Morgan fingerprint density at radius 2 is 1.80 bits per heavy atom. The van der Waals surface area contributed by atoms with Crippen LogP contribution in [-0.4, -0.2) is 44.3 Å². The number of nitrogens with one attached hydrogen (secondary N) is 1. The SMILES string of the molecule is CCS(=O)(=O)NC1CCCN(Cc2ccccc2)C1COc1ccc(C(C)C)cc1. The molecule has 30 heavy (non-hydrogen) atoms. The van der Waals surface area contributed by atoms with E-state index >= 15 is 0 Å². The van der Waals surface area contributed by atoms with E-state index in [9.17, 15) is 8.42 Å². The number of hydrogen-bond donors (Lipinski definition) is 1. The van der Waals surface area contributed by atoms with Gasteiger partial charge in [0.25, 0.3) is 0 Å². The molecule has 164 valence electrons. The Hall–Kier alpha value is -1.89. The lowest BCUT2D eigenvalue weighted by Crippen LogP contribution is -2.57. The molecule has 1 heterocycles. The van der Waals surface area contributed by atoms with Crippen LogP contribution in [0.25, 0.3) is 0 Å². The molecule has 1 fully saturated rings. The van der Waals surface area contributed by atoms with Crippen LogP contribution in [0.4, 0.5) is 0 Å². The number of likely N-dealkylation sites (tertiary alicyclic amines) is 1. The summed E-state index contributed by atoms with van der Waals surface area (Å²) >= 11 is 0. The lowest BCUT2D eigenvalue weighted by atomic mass is 9.96. The molecule has 0 saturated carbocycles. The Labute approximate surface area is 181 Å². The lowest BCUT2D eigenvalue weighted by Gasteiger charge is -2.41. The fourth-order valence-electron chi connectivity index (χ4n) is 3.94. The summed E-state index contributed by atoms with van der Waals surface area (Å²) in [6.07, 6.45) is 1.79. The van der Waals surface area contributed by atoms with E-state index in [1.165, 1.54) is 11.1 Å². The van der Waals surface area contributed by atoms with Gasteiger partial charge in [-0.3, -0.25) is 4.90 Å². The van der Waals surface area contributed by atoms with Gasteiger partial charge in [0.05, 0.1) is 11.8 Å². The molecule has 0 radical (unpaired) electrons.